The molecule has 2 amide bonds. The summed E-state index contributed by atoms with van der Waals surface area (Å²) in [5, 5.41) is 9.10. The van der Waals surface area contributed by atoms with Crippen molar-refractivity contribution >= 4 is 33.6 Å². The summed E-state index contributed by atoms with van der Waals surface area (Å²) in [4.78, 5) is 25.8. The lowest BCUT2D eigenvalue weighted by Crippen LogP contribution is -2.33. The fraction of sp³-hybridized carbons (Fsp3) is 0.375. The Labute approximate surface area is 142 Å². The molecular formula is C16H18BrFN2O3. The van der Waals surface area contributed by atoms with Crippen LogP contribution in [0.5, 0.6) is 0 Å². The van der Waals surface area contributed by atoms with Crippen molar-refractivity contribution in [2.75, 3.05) is 18.0 Å². The highest BCUT2D eigenvalue weighted by Crippen LogP contribution is 2.27. The number of hydrogen-bond donors (Lipinski definition) is 1. The largest absolute Gasteiger partial charge is 0.465 e. The van der Waals surface area contributed by atoms with Crippen LogP contribution in [0.25, 0.3) is 0 Å². The number of anilines is 1. The zero-order valence-electron chi connectivity index (χ0n) is 12.7. The van der Waals surface area contributed by atoms with Gasteiger partial charge in [0.2, 0.25) is 5.91 Å². The lowest BCUT2D eigenvalue weighted by Gasteiger charge is -2.22. The van der Waals surface area contributed by atoms with Crippen molar-refractivity contribution in [3.05, 3.63) is 40.6 Å². The van der Waals surface area contributed by atoms with E-state index in [0.29, 0.717) is 16.7 Å². The lowest BCUT2D eigenvalue weighted by molar-refractivity contribution is -0.116. The van der Waals surface area contributed by atoms with Crippen molar-refractivity contribution in [3.63, 3.8) is 0 Å². The number of likely N-dealkylation sites (tertiary alicyclic amines) is 1. The Balaban J connectivity index is 2.11. The standard InChI is InChI=1S/C16H18BrFN2O3/c1-11(21)19(15-10-12(18)6-7-14(15)17)8-2-4-13-5-3-9-20(13)16(22)23/h2,4,6-7,10,13H,3,5,8-9H2,1H3,(H,22,23). The lowest BCUT2D eigenvalue weighted by atomic mass is 10.2. The van der Waals surface area contributed by atoms with Crippen molar-refractivity contribution < 1.29 is 19.1 Å². The van der Waals surface area contributed by atoms with E-state index in [-0.39, 0.29) is 18.5 Å². The summed E-state index contributed by atoms with van der Waals surface area (Å²) < 4.78 is 14.1. The maximum atomic E-state index is 13.4. The molecule has 0 aliphatic carbocycles. The SMILES string of the molecule is CC(=O)N(CC=CC1CCCN1C(=O)O)c1cc(F)ccc1Br. The van der Waals surface area contributed by atoms with Gasteiger partial charge in [0.25, 0.3) is 0 Å². The molecule has 1 aliphatic heterocycles. The van der Waals surface area contributed by atoms with E-state index in [1.807, 2.05) is 0 Å². The molecule has 0 saturated carbocycles. The van der Waals surface area contributed by atoms with Gasteiger partial charge in [0.15, 0.2) is 0 Å². The molecule has 1 saturated heterocycles. The number of rotatable bonds is 4. The van der Waals surface area contributed by atoms with Crippen molar-refractivity contribution in [3.8, 4) is 0 Å². The molecule has 1 heterocycles. The number of hydrogen-bond acceptors (Lipinski definition) is 2. The molecule has 2 rings (SSSR count). The van der Waals surface area contributed by atoms with Gasteiger partial charge in [-0.05, 0) is 47.0 Å². The number of amides is 2. The summed E-state index contributed by atoms with van der Waals surface area (Å²) in [6, 6.07) is 3.98. The first-order chi connectivity index (χ1) is 10.9. The molecule has 1 unspecified atom stereocenters. The van der Waals surface area contributed by atoms with Gasteiger partial charge >= 0.3 is 6.09 Å². The Kier molecular flexibility index (Phi) is 5.76. The predicted molar refractivity (Wildman–Crippen MR) is 89.0 cm³/mol. The zero-order chi connectivity index (χ0) is 17.0. The summed E-state index contributed by atoms with van der Waals surface area (Å²) in [6.07, 6.45) is 4.21. The van der Waals surface area contributed by atoms with E-state index in [4.69, 9.17) is 5.11 Å². The van der Waals surface area contributed by atoms with Crippen LogP contribution in [-0.4, -0.2) is 41.1 Å². The second kappa shape index (κ2) is 7.59. The molecule has 1 aromatic rings. The third kappa shape index (κ3) is 4.31. The van der Waals surface area contributed by atoms with Crippen LogP contribution in [0, 0.1) is 5.82 Å². The normalized spacial score (nSPS) is 17.7. The first-order valence-corrected chi connectivity index (χ1v) is 8.09. The van der Waals surface area contributed by atoms with Crippen LogP contribution in [-0.2, 0) is 4.79 Å². The molecule has 1 aliphatic rings. The maximum absolute atomic E-state index is 13.4. The smallest absolute Gasteiger partial charge is 0.407 e. The molecule has 124 valence electrons. The van der Waals surface area contributed by atoms with E-state index >= 15 is 0 Å². The van der Waals surface area contributed by atoms with Gasteiger partial charge in [0, 0.05) is 24.5 Å². The van der Waals surface area contributed by atoms with Crippen LogP contribution >= 0.6 is 15.9 Å². The highest BCUT2D eigenvalue weighted by molar-refractivity contribution is 9.10. The van der Waals surface area contributed by atoms with E-state index in [2.05, 4.69) is 15.9 Å². The second-order valence-corrected chi connectivity index (χ2v) is 6.19. The van der Waals surface area contributed by atoms with E-state index < -0.39 is 11.9 Å². The molecule has 7 heteroatoms. The summed E-state index contributed by atoms with van der Waals surface area (Å²) in [5.41, 5.74) is 0.448. The number of nitrogens with zero attached hydrogens (tertiary/aromatic N) is 2. The Bertz CT molecular complexity index is 636. The minimum absolute atomic E-state index is 0.169. The predicted octanol–water partition coefficient (Wildman–Crippen LogP) is 3.64. The van der Waals surface area contributed by atoms with Crippen LogP contribution in [0.15, 0.2) is 34.8 Å². The van der Waals surface area contributed by atoms with Crippen molar-refractivity contribution in [1.29, 1.82) is 0 Å². The Morgan fingerprint density at radius 1 is 1.52 bits per heavy atom. The zero-order valence-corrected chi connectivity index (χ0v) is 14.3. The number of benzene rings is 1. The summed E-state index contributed by atoms with van der Waals surface area (Å²) in [7, 11) is 0. The third-order valence-electron chi connectivity index (χ3n) is 3.77. The van der Waals surface area contributed by atoms with Gasteiger partial charge in [0.1, 0.15) is 5.82 Å². The van der Waals surface area contributed by atoms with Crippen LogP contribution in [0.2, 0.25) is 0 Å². The number of halogens is 2. The first-order valence-electron chi connectivity index (χ1n) is 7.29. The van der Waals surface area contributed by atoms with Gasteiger partial charge < -0.3 is 14.9 Å². The summed E-state index contributed by atoms with van der Waals surface area (Å²) in [6.45, 7) is 2.18. The quantitative estimate of drug-likeness (QED) is 0.806. The molecular weight excluding hydrogens is 367 g/mol. The van der Waals surface area contributed by atoms with Crippen molar-refractivity contribution in [2.45, 2.75) is 25.8 Å². The molecule has 0 radical (unpaired) electrons. The molecule has 0 aromatic heterocycles. The van der Waals surface area contributed by atoms with E-state index in [1.165, 1.54) is 28.9 Å². The minimum Gasteiger partial charge on any atom is -0.465 e. The van der Waals surface area contributed by atoms with Gasteiger partial charge in [-0.2, -0.15) is 0 Å². The van der Waals surface area contributed by atoms with E-state index in [1.54, 1.807) is 18.2 Å². The molecule has 1 aromatic carbocycles. The van der Waals surface area contributed by atoms with Crippen LogP contribution in [0.3, 0.4) is 0 Å². The Morgan fingerprint density at radius 3 is 2.91 bits per heavy atom. The average Bonchev–Trinajstić information content (AvgIpc) is 2.95. The number of carbonyl (C=O) groups is 2. The summed E-state index contributed by atoms with van der Waals surface area (Å²) >= 11 is 3.32. The molecule has 5 nitrogen and oxygen atoms in total. The van der Waals surface area contributed by atoms with Gasteiger partial charge in [-0.25, -0.2) is 9.18 Å². The number of carbonyl (C=O) groups excluding carboxylic acids is 1. The molecule has 23 heavy (non-hydrogen) atoms. The van der Waals surface area contributed by atoms with Gasteiger partial charge in [-0.3, -0.25) is 4.79 Å². The first kappa shape index (κ1) is 17.5. The minimum atomic E-state index is -0.937. The molecule has 1 N–H and O–H groups in total. The third-order valence-corrected chi connectivity index (χ3v) is 4.44. The van der Waals surface area contributed by atoms with Crippen LogP contribution in [0.4, 0.5) is 14.9 Å². The second-order valence-electron chi connectivity index (χ2n) is 5.34. The van der Waals surface area contributed by atoms with Gasteiger partial charge in [-0.15, -0.1) is 0 Å². The molecule has 0 spiro atoms. The monoisotopic (exact) mass is 384 g/mol. The van der Waals surface area contributed by atoms with Crippen LogP contribution in [0.1, 0.15) is 19.8 Å². The highest BCUT2D eigenvalue weighted by Gasteiger charge is 2.26. The Morgan fingerprint density at radius 2 is 2.26 bits per heavy atom. The van der Waals surface area contributed by atoms with Crippen molar-refractivity contribution in [1.82, 2.24) is 4.90 Å². The van der Waals surface area contributed by atoms with E-state index in [9.17, 15) is 14.0 Å². The van der Waals surface area contributed by atoms with Gasteiger partial charge in [-0.1, -0.05) is 12.2 Å². The molecule has 1 fully saturated rings. The van der Waals surface area contributed by atoms with Crippen molar-refractivity contribution in [2.24, 2.45) is 0 Å². The Hall–Kier alpha value is -1.89. The van der Waals surface area contributed by atoms with Gasteiger partial charge in [0.05, 0.1) is 11.7 Å². The fourth-order valence-electron chi connectivity index (χ4n) is 2.64. The molecule has 0 bridgehead atoms. The van der Waals surface area contributed by atoms with E-state index in [0.717, 1.165) is 12.8 Å². The highest BCUT2D eigenvalue weighted by atomic mass is 79.9. The van der Waals surface area contributed by atoms with Crippen LogP contribution < -0.4 is 4.90 Å². The fourth-order valence-corrected chi connectivity index (χ4v) is 3.10. The maximum Gasteiger partial charge on any atom is 0.407 e. The number of carboxylic acid groups (broad SMARTS) is 1. The average molecular weight is 385 g/mol. The molecule has 1 atom stereocenters. The summed E-state index contributed by atoms with van der Waals surface area (Å²) in [5.74, 6) is -0.645. The topological polar surface area (TPSA) is 60.9 Å².